The van der Waals surface area contributed by atoms with Crippen LogP contribution in [-0.2, 0) is 6.54 Å². The molecule has 1 aliphatic heterocycles. The molecular weight excluding hydrogens is 524 g/mol. The number of nitrogens with two attached hydrogens (primary N) is 1. The first-order chi connectivity index (χ1) is 17.1. The zero-order chi connectivity index (χ0) is 27.2. The first-order valence-electron chi connectivity index (χ1n) is 11.7. The van der Waals surface area contributed by atoms with Crippen molar-refractivity contribution in [1.29, 1.82) is 0 Å². The Balaban J connectivity index is 1.77. The Morgan fingerprint density at radius 3 is 2.24 bits per heavy atom. The fraction of sp³-hybridized carbons (Fsp3) is 0.375. The van der Waals surface area contributed by atoms with Gasteiger partial charge in [-0.15, -0.1) is 0 Å². The summed E-state index contributed by atoms with van der Waals surface area (Å²) in [6.45, 7) is 3.90. The van der Waals surface area contributed by atoms with Crippen LogP contribution in [0.3, 0.4) is 0 Å². The summed E-state index contributed by atoms with van der Waals surface area (Å²) in [7, 11) is -10.1. The second kappa shape index (κ2) is 8.67. The van der Waals surface area contributed by atoms with Gasteiger partial charge in [-0.3, -0.25) is 4.79 Å². The minimum absolute atomic E-state index is 0.0572. The van der Waals surface area contributed by atoms with Crippen LogP contribution in [0.25, 0.3) is 10.8 Å². The van der Waals surface area contributed by atoms with Gasteiger partial charge in [-0.25, -0.2) is 4.39 Å². The lowest BCUT2D eigenvalue weighted by atomic mass is 10.1. The normalized spacial score (nSPS) is 16.1. The van der Waals surface area contributed by atoms with Gasteiger partial charge >= 0.3 is 10.2 Å². The number of carbonyl (C=O) groups is 1. The van der Waals surface area contributed by atoms with E-state index in [-0.39, 0.29) is 53.1 Å². The van der Waals surface area contributed by atoms with Gasteiger partial charge in [0.25, 0.3) is 0 Å². The minimum Gasteiger partial charge on any atom is -0.490 e. The van der Waals surface area contributed by atoms with E-state index in [9.17, 15) is 24.2 Å². The zero-order valence-corrected chi connectivity index (χ0v) is 21.0. The third-order valence-electron chi connectivity index (χ3n) is 6.11. The molecule has 0 amide bonds. The second-order valence-electron chi connectivity index (χ2n) is 8.79. The molecule has 6 nitrogen and oxygen atoms in total. The lowest BCUT2D eigenvalue weighted by Gasteiger charge is -2.41. The number of aromatic nitrogens is 1. The van der Waals surface area contributed by atoms with Crippen molar-refractivity contribution in [1.82, 2.24) is 4.57 Å². The number of hydrogen-bond donors (Lipinski definition) is 1. The van der Waals surface area contributed by atoms with Crippen molar-refractivity contribution in [3.05, 3.63) is 41.8 Å². The highest BCUT2D eigenvalue weighted by Crippen LogP contribution is 3.02. The predicted molar refractivity (Wildman–Crippen MR) is 132 cm³/mol. The number of fused-ring (bicyclic) bond motifs is 1. The number of halogens is 6. The third-order valence-corrected chi connectivity index (χ3v) is 7.24. The van der Waals surface area contributed by atoms with Crippen LogP contribution < -0.4 is 20.1 Å². The van der Waals surface area contributed by atoms with Crippen LogP contribution in [0.5, 0.6) is 11.5 Å². The van der Waals surface area contributed by atoms with Crippen LogP contribution in [-0.4, -0.2) is 36.7 Å². The molecular formula is C24H27F6N3O3S. The molecule has 4 rings (SSSR count). The van der Waals surface area contributed by atoms with Gasteiger partial charge in [0.1, 0.15) is 10.7 Å². The molecule has 0 atom stereocenters. The number of ketones is 1. The average molecular weight is 552 g/mol. The van der Waals surface area contributed by atoms with E-state index in [0.717, 1.165) is 4.57 Å². The van der Waals surface area contributed by atoms with E-state index in [1.165, 1.54) is 23.2 Å². The molecule has 2 N–H and O–H groups in total. The summed E-state index contributed by atoms with van der Waals surface area (Å²) >= 11 is 0. The van der Waals surface area contributed by atoms with Crippen molar-refractivity contribution in [2.45, 2.75) is 38.1 Å². The van der Waals surface area contributed by atoms with Crippen molar-refractivity contribution in [3.8, 4) is 11.5 Å². The zero-order valence-electron chi connectivity index (χ0n) is 20.2. The molecule has 0 aliphatic carbocycles. The lowest BCUT2D eigenvalue weighted by molar-refractivity contribution is 0.0973. The Morgan fingerprint density at radius 2 is 1.65 bits per heavy atom. The van der Waals surface area contributed by atoms with Crippen LogP contribution in [0, 0.1) is 5.82 Å². The first-order valence-corrected chi connectivity index (χ1v) is 13.6. The summed E-state index contributed by atoms with van der Waals surface area (Å²) in [6, 6.07) is 3.21. The average Bonchev–Trinajstić information content (AvgIpc) is 3.44. The van der Waals surface area contributed by atoms with Crippen LogP contribution in [0.15, 0.2) is 35.4 Å². The fourth-order valence-electron chi connectivity index (χ4n) is 4.41. The predicted octanol–water partition coefficient (Wildman–Crippen LogP) is 7.30. The van der Waals surface area contributed by atoms with E-state index in [4.69, 9.17) is 15.2 Å². The van der Waals surface area contributed by atoms with E-state index in [2.05, 4.69) is 0 Å². The molecule has 0 saturated carbocycles. The molecule has 1 saturated heterocycles. The Kier molecular flexibility index (Phi) is 6.29. The quantitative estimate of drug-likeness (QED) is 0.223. The molecule has 1 fully saturated rings. The molecule has 2 heterocycles. The standard InChI is InChI=1S/C24H27F6N3O3S/c1-3-35-20-11-16-13-33(24(31)21(16)22(25)23(20)36-4-2)14-19(34)15-9-17(32-7-5-6-8-32)12-18(10-15)37(26,27,28,29)30/h9-13H,3-8,14,31H2,1-2H3. The minimum atomic E-state index is -10.1. The van der Waals surface area contributed by atoms with Gasteiger partial charge in [-0.1, -0.05) is 19.4 Å². The Morgan fingerprint density at radius 1 is 1.00 bits per heavy atom. The molecule has 2 aromatic carbocycles. The first kappa shape index (κ1) is 26.8. The Hall–Kier alpha value is -3.22. The number of Topliss-reactive ketones (excluding diaryl/α,β-unsaturated/α-hetero) is 1. The fourth-order valence-corrected chi connectivity index (χ4v) is 5.11. The number of anilines is 2. The largest absolute Gasteiger partial charge is 0.490 e. The number of nitrogen functional groups attached to an aromatic ring is 1. The van der Waals surface area contributed by atoms with Crippen LogP contribution in [0.2, 0.25) is 0 Å². The second-order valence-corrected chi connectivity index (χ2v) is 11.2. The van der Waals surface area contributed by atoms with Gasteiger partial charge in [-0.05, 0) is 51.0 Å². The van der Waals surface area contributed by atoms with Gasteiger partial charge < -0.3 is 24.7 Å². The number of benzene rings is 2. The molecule has 3 aromatic rings. The number of nitrogens with zero attached hydrogens (tertiary/aromatic N) is 2. The summed E-state index contributed by atoms with van der Waals surface area (Å²) < 4.78 is 95.8. The van der Waals surface area contributed by atoms with Gasteiger partial charge in [0.2, 0.25) is 0 Å². The van der Waals surface area contributed by atoms with Gasteiger partial charge in [0, 0.05) is 35.9 Å². The van der Waals surface area contributed by atoms with Crippen molar-refractivity contribution in [2.24, 2.45) is 0 Å². The Bertz CT molecular complexity index is 1370. The van der Waals surface area contributed by atoms with Crippen LogP contribution >= 0.6 is 10.2 Å². The maximum absolute atomic E-state index is 15.3. The third kappa shape index (κ3) is 5.41. The van der Waals surface area contributed by atoms with E-state index in [0.29, 0.717) is 32.0 Å². The molecule has 37 heavy (non-hydrogen) atoms. The van der Waals surface area contributed by atoms with Gasteiger partial charge in [-0.2, -0.15) is 0 Å². The van der Waals surface area contributed by atoms with Crippen molar-refractivity contribution < 1.29 is 38.1 Å². The summed E-state index contributed by atoms with van der Waals surface area (Å²) in [4.78, 5) is 12.5. The maximum atomic E-state index is 15.3. The monoisotopic (exact) mass is 551 g/mol. The molecule has 1 aromatic heterocycles. The van der Waals surface area contributed by atoms with Crippen molar-refractivity contribution in [3.63, 3.8) is 0 Å². The summed E-state index contributed by atoms with van der Waals surface area (Å²) in [6.07, 6.45) is 2.73. The SMILES string of the molecule is CCOc1cc2cn(CC(=O)c3cc(N4CCCC4)cc(S(F)(F)(F)(F)F)c3)c(N)c2c(F)c1OCC. The summed E-state index contributed by atoms with van der Waals surface area (Å²) in [5.41, 5.74) is 5.45. The van der Waals surface area contributed by atoms with E-state index < -0.39 is 38.8 Å². The molecule has 13 heteroatoms. The van der Waals surface area contributed by atoms with Crippen LogP contribution in [0.1, 0.15) is 37.0 Å². The summed E-state index contributed by atoms with van der Waals surface area (Å²) in [5.74, 6) is -1.92. The van der Waals surface area contributed by atoms with E-state index in [1.54, 1.807) is 13.8 Å². The number of carbonyl (C=O) groups excluding carboxylic acids is 1. The van der Waals surface area contributed by atoms with Crippen LogP contribution in [0.4, 0.5) is 35.3 Å². The van der Waals surface area contributed by atoms with Gasteiger partial charge in [0.15, 0.2) is 23.1 Å². The highest BCUT2D eigenvalue weighted by molar-refractivity contribution is 8.45. The highest BCUT2D eigenvalue weighted by Gasteiger charge is 2.65. The molecule has 1 aliphatic rings. The number of ether oxygens (including phenoxy) is 2. The molecule has 0 bridgehead atoms. The highest BCUT2D eigenvalue weighted by atomic mass is 32.5. The van der Waals surface area contributed by atoms with E-state index in [1.807, 2.05) is 0 Å². The molecule has 0 radical (unpaired) electrons. The number of rotatable bonds is 9. The van der Waals surface area contributed by atoms with Gasteiger partial charge in [0.05, 0.1) is 25.1 Å². The summed E-state index contributed by atoms with van der Waals surface area (Å²) in [5, 5.41) is 0.214. The molecule has 0 spiro atoms. The van der Waals surface area contributed by atoms with E-state index >= 15 is 4.39 Å². The molecule has 0 unspecified atom stereocenters. The Labute approximate surface area is 209 Å². The maximum Gasteiger partial charge on any atom is 0.310 e. The topological polar surface area (TPSA) is 69.7 Å². The lowest BCUT2D eigenvalue weighted by Crippen LogP contribution is -2.20. The van der Waals surface area contributed by atoms with Crippen molar-refractivity contribution >= 4 is 38.3 Å². The number of hydrogen-bond acceptors (Lipinski definition) is 5. The molecule has 204 valence electrons. The smallest absolute Gasteiger partial charge is 0.310 e. The van der Waals surface area contributed by atoms with Crippen molar-refractivity contribution in [2.75, 3.05) is 36.9 Å².